The van der Waals surface area contributed by atoms with Gasteiger partial charge < -0.3 is 14.6 Å². The first-order valence-corrected chi connectivity index (χ1v) is 7.71. The molecule has 2 aromatic rings. The quantitative estimate of drug-likeness (QED) is 0.746. The highest BCUT2D eigenvalue weighted by molar-refractivity contribution is 9.10. The Morgan fingerprint density at radius 1 is 1.15 bits per heavy atom. The van der Waals surface area contributed by atoms with E-state index in [-0.39, 0.29) is 0 Å². The molecule has 0 saturated heterocycles. The van der Waals surface area contributed by atoms with Gasteiger partial charge in [-0.25, -0.2) is 0 Å². The van der Waals surface area contributed by atoms with E-state index in [9.17, 15) is 0 Å². The van der Waals surface area contributed by atoms with E-state index in [1.165, 1.54) is 5.56 Å². The van der Waals surface area contributed by atoms with Crippen LogP contribution >= 0.6 is 15.9 Å². The molecular formula is C16H21BrN2O. The molecule has 2 rings (SSSR count). The van der Waals surface area contributed by atoms with Crippen LogP contribution < -0.4 is 5.32 Å². The molecule has 0 radical (unpaired) electrons. The van der Waals surface area contributed by atoms with Gasteiger partial charge in [-0.3, -0.25) is 0 Å². The standard InChI is InChI=1S/C16H21BrN2O/c1-19(13-14-6-3-2-4-7-14)11-5-10-18-12-15-8-9-16(17)20-15/h2-4,6-9,18H,5,10-13H2,1H3. The third-order valence-electron chi connectivity index (χ3n) is 3.12. The second-order valence-corrected chi connectivity index (χ2v) is 5.74. The lowest BCUT2D eigenvalue weighted by Gasteiger charge is -2.16. The first-order chi connectivity index (χ1) is 9.74. The lowest BCUT2D eigenvalue weighted by Crippen LogP contribution is -2.23. The molecule has 3 nitrogen and oxygen atoms in total. The molecule has 0 spiro atoms. The number of halogens is 1. The summed E-state index contributed by atoms with van der Waals surface area (Å²) >= 11 is 3.30. The molecular weight excluding hydrogens is 316 g/mol. The van der Waals surface area contributed by atoms with Crippen LogP contribution in [0.3, 0.4) is 0 Å². The van der Waals surface area contributed by atoms with Crippen LogP contribution in [0.2, 0.25) is 0 Å². The molecule has 0 amide bonds. The Bertz CT molecular complexity index is 498. The van der Waals surface area contributed by atoms with Gasteiger partial charge in [0, 0.05) is 6.54 Å². The maximum atomic E-state index is 5.43. The van der Waals surface area contributed by atoms with Gasteiger partial charge in [-0.2, -0.15) is 0 Å². The topological polar surface area (TPSA) is 28.4 Å². The van der Waals surface area contributed by atoms with Crippen molar-refractivity contribution < 1.29 is 4.42 Å². The molecule has 0 unspecified atom stereocenters. The summed E-state index contributed by atoms with van der Waals surface area (Å²) in [5.74, 6) is 0.967. The van der Waals surface area contributed by atoms with Gasteiger partial charge in [0.2, 0.25) is 0 Å². The number of nitrogens with one attached hydrogen (secondary N) is 1. The van der Waals surface area contributed by atoms with E-state index < -0.39 is 0 Å². The minimum atomic E-state index is 0.786. The van der Waals surface area contributed by atoms with Crippen molar-refractivity contribution in [2.75, 3.05) is 20.1 Å². The van der Waals surface area contributed by atoms with E-state index >= 15 is 0 Å². The fraction of sp³-hybridized carbons (Fsp3) is 0.375. The summed E-state index contributed by atoms with van der Waals surface area (Å²) in [4.78, 5) is 2.35. The predicted octanol–water partition coefficient (Wildman–Crippen LogP) is 3.65. The summed E-state index contributed by atoms with van der Waals surface area (Å²) in [7, 11) is 2.16. The van der Waals surface area contributed by atoms with Gasteiger partial charge in [0.1, 0.15) is 5.76 Å². The van der Waals surface area contributed by atoms with Crippen molar-refractivity contribution in [3.63, 3.8) is 0 Å². The van der Waals surface area contributed by atoms with Crippen molar-refractivity contribution in [2.45, 2.75) is 19.5 Å². The second kappa shape index (κ2) is 8.25. The number of hydrogen-bond acceptors (Lipinski definition) is 3. The third kappa shape index (κ3) is 5.49. The van der Waals surface area contributed by atoms with Crippen molar-refractivity contribution >= 4 is 15.9 Å². The highest BCUT2D eigenvalue weighted by atomic mass is 79.9. The average Bonchev–Trinajstić information content (AvgIpc) is 2.85. The minimum absolute atomic E-state index is 0.786. The van der Waals surface area contributed by atoms with Crippen LogP contribution in [-0.2, 0) is 13.1 Å². The van der Waals surface area contributed by atoms with Crippen LogP contribution in [0, 0.1) is 0 Å². The molecule has 0 saturated carbocycles. The first-order valence-electron chi connectivity index (χ1n) is 6.91. The van der Waals surface area contributed by atoms with Gasteiger partial charge >= 0.3 is 0 Å². The summed E-state index contributed by atoms with van der Waals surface area (Å²) < 4.78 is 6.22. The van der Waals surface area contributed by atoms with Gasteiger partial charge in [0.25, 0.3) is 0 Å². The van der Waals surface area contributed by atoms with Gasteiger partial charge in [0.15, 0.2) is 4.67 Å². The molecule has 0 aliphatic carbocycles. The number of benzene rings is 1. The van der Waals surface area contributed by atoms with E-state index in [2.05, 4.69) is 63.5 Å². The van der Waals surface area contributed by atoms with E-state index in [0.29, 0.717) is 0 Å². The summed E-state index contributed by atoms with van der Waals surface area (Å²) in [6.07, 6.45) is 1.13. The number of rotatable bonds is 8. The molecule has 1 N–H and O–H groups in total. The predicted molar refractivity (Wildman–Crippen MR) is 85.5 cm³/mol. The number of furan rings is 1. The zero-order valence-electron chi connectivity index (χ0n) is 11.8. The van der Waals surface area contributed by atoms with Crippen LogP contribution in [0.4, 0.5) is 0 Å². The third-order valence-corrected chi connectivity index (χ3v) is 3.54. The van der Waals surface area contributed by atoms with Crippen molar-refractivity contribution in [1.29, 1.82) is 0 Å². The Balaban J connectivity index is 1.56. The highest BCUT2D eigenvalue weighted by Crippen LogP contribution is 2.13. The minimum Gasteiger partial charge on any atom is -0.453 e. The van der Waals surface area contributed by atoms with Crippen LogP contribution in [0.5, 0.6) is 0 Å². The Morgan fingerprint density at radius 3 is 2.65 bits per heavy atom. The number of hydrogen-bond donors (Lipinski definition) is 1. The van der Waals surface area contributed by atoms with Crippen molar-refractivity contribution in [2.24, 2.45) is 0 Å². The maximum absolute atomic E-state index is 5.43. The normalized spacial score (nSPS) is 11.2. The summed E-state index contributed by atoms with van der Waals surface area (Å²) in [6.45, 7) is 3.88. The largest absolute Gasteiger partial charge is 0.453 e. The van der Waals surface area contributed by atoms with Crippen LogP contribution in [0.15, 0.2) is 51.6 Å². The van der Waals surface area contributed by atoms with E-state index in [4.69, 9.17) is 4.42 Å². The number of nitrogens with zero attached hydrogens (tertiary/aromatic N) is 1. The molecule has 0 aliphatic rings. The molecule has 0 bridgehead atoms. The molecule has 1 heterocycles. The van der Waals surface area contributed by atoms with Crippen molar-refractivity contribution in [1.82, 2.24) is 10.2 Å². The summed E-state index contributed by atoms with van der Waals surface area (Å²) in [6, 6.07) is 14.5. The maximum Gasteiger partial charge on any atom is 0.169 e. The van der Waals surface area contributed by atoms with Crippen LogP contribution in [-0.4, -0.2) is 25.0 Å². The Morgan fingerprint density at radius 2 is 1.95 bits per heavy atom. The molecule has 0 fully saturated rings. The summed E-state index contributed by atoms with van der Waals surface area (Å²) in [5, 5.41) is 3.39. The van der Waals surface area contributed by atoms with Gasteiger partial charge in [0.05, 0.1) is 6.54 Å². The van der Waals surface area contributed by atoms with E-state index in [0.717, 1.165) is 43.0 Å². The highest BCUT2D eigenvalue weighted by Gasteiger charge is 2.01. The Labute approximate surface area is 129 Å². The zero-order valence-corrected chi connectivity index (χ0v) is 13.4. The lowest BCUT2D eigenvalue weighted by molar-refractivity contribution is 0.318. The van der Waals surface area contributed by atoms with Crippen LogP contribution in [0.1, 0.15) is 17.7 Å². The average molecular weight is 337 g/mol. The monoisotopic (exact) mass is 336 g/mol. The molecule has 108 valence electrons. The SMILES string of the molecule is CN(CCCNCc1ccc(Br)o1)Cc1ccccc1. The molecule has 20 heavy (non-hydrogen) atoms. The fourth-order valence-corrected chi connectivity index (χ4v) is 2.45. The van der Waals surface area contributed by atoms with Gasteiger partial charge in [-0.1, -0.05) is 30.3 Å². The van der Waals surface area contributed by atoms with E-state index in [1.807, 2.05) is 12.1 Å². The molecule has 0 atom stereocenters. The molecule has 1 aromatic heterocycles. The Hall–Kier alpha value is -1.10. The fourth-order valence-electron chi connectivity index (χ4n) is 2.11. The Kier molecular flexibility index (Phi) is 6.30. The molecule has 0 aliphatic heterocycles. The van der Waals surface area contributed by atoms with Crippen LogP contribution in [0.25, 0.3) is 0 Å². The van der Waals surface area contributed by atoms with Crippen molar-refractivity contribution in [3.05, 3.63) is 58.5 Å². The first kappa shape index (κ1) is 15.3. The van der Waals surface area contributed by atoms with Gasteiger partial charge in [-0.05, 0) is 60.2 Å². The van der Waals surface area contributed by atoms with Crippen molar-refractivity contribution in [3.8, 4) is 0 Å². The zero-order chi connectivity index (χ0) is 14.2. The van der Waals surface area contributed by atoms with Gasteiger partial charge in [-0.15, -0.1) is 0 Å². The van der Waals surface area contributed by atoms with E-state index in [1.54, 1.807) is 0 Å². The molecule has 1 aromatic carbocycles. The smallest absolute Gasteiger partial charge is 0.169 e. The summed E-state index contributed by atoms with van der Waals surface area (Å²) in [5.41, 5.74) is 1.36. The lowest BCUT2D eigenvalue weighted by atomic mass is 10.2. The second-order valence-electron chi connectivity index (χ2n) is 4.96. The molecule has 4 heteroatoms.